The summed E-state index contributed by atoms with van der Waals surface area (Å²) in [6.07, 6.45) is -3.89. The average molecular weight is 448 g/mol. The zero-order chi connectivity index (χ0) is 22.6. The van der Waals surface area contributed by atoms with Gasteiger partial charge in [0.05, 0.1) is 24.8 Å². The van der Waals surface area contributed by atoms with Gasteiger partial charge in [0.1, 0.15) is 23.4 Å². The number of aromatic nitrogens is 1. The molecule has 0 radical (unpaired) electrons. The summed E-state index contributed by atoms with van der Waals surface area (Å²) < 4.78 is 75.8. The number of nitrogens with zero attached hydrogens (tertiary/aromatic N) is 2. The molecular formula is C19H17F5N2O5. The smallest absolute Gasteiger partial charge is 0.489 e. The van der Waals surface area contributed by atoms with E-state index in [1.165, 1.54) is 24.3 Å². The summed E-state index contributed by atoms with van der Waals surface area (Å²) in [4.78, 5) is 16.7. The molecule has 168 valence electrons. The Labute approximate surface area is 173 Å². The van der Waals surface area contributed by atoms with Gasteiger partial charge >= 0.3 is 18.9 Å². The van der Waals surface area contributed by atoms with E-state index in [4.69, 9.17) is 9.84 Å². The highest BCUT2D eigenvalue weighted by atomic mass is 19.4. The minimum Gasteiger partial charge on any atom is -0.489 e. The Morgan fingerprint density at radius 3 is 2.39 bits per heavy atom. The fourth-order valence-electron chi connectivity index (χ4n) is 3.18. The van der Waals surface area contributed by atoms with Gasteiger partial charge in [-0.25, -0.2) is 9.78 Å². The molecule has 1 saturated heterocycles. The number of hydrogen-bond donors (Lipinski definition) is 1. The van der Waals surface area contributed by atoms with Gasteiger partial charge in [-0.3, -0.25) is 0 Å². The number of halogens is 5. The Kier molecular flexibility index (Phi) is 6.78. The van der Waals surface area contributed by atoms with E-state index in [9.17, 15) is 26.7 Å². The lowest BCUT2D eigenvalue weighted by atomic mass is 10.2. The van der Waals surface area contributed by atoms with E-state index in [0.717, 1.165) is 18.3 Å². The lowest BCUT2D eigenvalue weighted by Crippen LogP contribution is -2.34. The number of carboxylic acid groups (broad SMARTS) is 1. The normalized spacial score (nSPS) is 19.0. The Bertz CT molecular complexity index is 877. The minimum absolute atomic E-state index is 0.0303. The highest BCUT2D eigenvalue weighted by molar-refractivity contribution is 5.87. The zero-order valence-corrected chi connectivity index (χ0v) is 15.8. The number of carbonyl (C=O) groups is 1. The summed E-state index contributed by atoms with van der Waals surface area (Å²) >= 11 is 0. The van der Waals surface area contributed by atoms with Gasteiger partial charge in [-0.05, 0) is 36.4 Å². The molecule has 0 spiro atoms. The third kappa shape index (κ3) is 6.41. The molecule has 0 bridgehead atoms. The van der Waals surface area contributed by atoms with Crippen molar-refractivity contribution in [2.75, 3.05) is 18.1 Å². The summed E-state index contributed by atoms with van der Waals surface area (Å²) in [5, 5.41) is 8.98. The van der Waals surface area contributed by atoms with E-state index < -0.39 is 36.8 Å². The third-order valence-corrected chi connectivity index (χ3v) is 4.44. The SMILES string of the molecule is O=C(O)c1ccc(N2C[C@@H](Oc3ccc(OC(F)(F)F)cc3)C[C@H]2COC(F)F)nc1. The predicted octanol–water partition coefficient (Wildman–Crippen LogP) is 3.94. The first-order valence-electron chi connectivity index (χ1n) is 8.99. The van der Waals surface area contributed by atoms with Gasteiger partial charge in [-0.15, -0.1) is 13.2 Å². The van der Waals surface area contributed by atoms with E-state index in [2.05, 4.69) is 14.5 Å². The molecule has 0 unspecified atom stereocenters. The third-order valence-electron chi connectivity index (χ3n) is 4.44. The fourth-order valence-corrected chi connectivity index (χ4v) is 3.18. The molecule has 0 amide bonds. The summed E-state index contributed by atoms with van der Waals surface area (Å²) in [5.41, 5.74) is -0.0303. The van der Waals surface area contributed by atoms with Crippen LogP contribution in [0.1, 0.15) is 16.8 Å². The van der Waals surface area contributed by atoms with Gasteiger partial charge in [0, 0.05) is 12.6 Å². The molecule has 0 saturated carbocycles. The second-order valence-corrected chi connectivity index (χ2v) is 6.61. The highest BCUT2D eigenvalue weighted by Gasteiger charge is 2.35. The van der Waals surface area contributed by atoms with Gasteiger partial charge in [-0.1, -0.05) is 0 Å². The number of benzene rings is 1. The van der Waals surface area contributed by atoms with Crippen LogP contribution in [-0.4, -0.2) is 54.3 Å². The summed E-state index contributed by atoms with van der Waals surface area (Å²) in [5.74, 6) is -0.937. The van der Waals surface area contributed by atoms with Gasteiger partial charge < -0.3 is 24.2 Å². The van der Waals surface area contributed by atoms with Crippen LogP contribution in [0.4, 0.5) is 27.8 Å². The predicted molar refractivity (Wildman–Crippen MR) is 96.4 cm³/mol. The van der Waals surface area contributed by atoms with Crippen LogP contribution in [0.25, 0.3) is 0 Å². The van der Waals surface area contributed by atoms with E-state index in [0.29, 0.717) is 5.82 Å². The van der Waals surface area contributed by atoms with Crippen molar-refractivity contribution in [1.29, 1.82) is 0 Å². The Hall–Kier alpha value is -3.15. The van der Waals surface area contributed by atoms with Crippen molar-refractivity contribution in [2.24, 2.45) is 0 Å². The second kappa shape index (κ2) is 9.33. The van der Waals surface area contributed by atoms with E-state index in [-0.39, 0.29) is 30.9 Å². The van der Waals surface area contributed by atoms with E-state index in [1.807, 2.05) is 0 Å². The van der Waals surface area contributed by atoms with Crippen LogP contribution in [0, 0.1) is 0 Å². The first-order chi connectivity index (χ1) is 14.6. The number of alkyl halides is 5. The maximum Gasteiger partial charge on any atom is 0.573 e. The Balaban J connectivity index is 1.69. The number of aromatic carboxylic acids is 1. The molecule has 0 aliphatic carbocycles. The maximum absolute atomic E-state index is 12.5. The molecular weight excluding hydrogens is 431 g/mol. The van der Waals surface area contributed by atoms with Gasteiger partial charge in [0.25, 0.3) is 0 Å². The lowest BCUT2D eigenvalue weighted by molar-refractivity contribution is -0.274. The van der Waals surface area contributed by atoms with Crippen molar-refractivity contribution in [2.45, 2.75) is 31.5 Å². The second-order valence-electron chi connectivity index (χ2n) is 6.61. The van der Waals surface area contributed by atoms with Gasteiger partial charge in [0.15, 0.2) is 0 Å². The fraction of sp³-hybridized carbons (Fsp3) is 0.368. The van der Waals surface area contributed by atoms with Crippen molar-refractivity contribution in [3.63, 3.8) is 0 Å². The van der Waals surface area contributed by atoms with Gasteiger partial charge in [0.2, 0.25) is 0 Å². The number of carboxylic acids is 1. The number of anilines is 1. The maximum atomic E-state index is 12.5. The monoisotopic (exact) mass is 448 g/mol. The van der Waals surface area contributed by atoms with Crippen LogP contribution >= 0.6 is 0 Å². The molecule has 2 atom stereocenters. The molecule has 1 N–H and O–H groups in total. The molecule has 31 heavy (non-hydrogen) atoms. The molecule has 1 aromatic heterocycles. The van der Waals surface area contributed by atoms with Crippen molar-refractivity contribution < 1.29 is 46.1 Å². The molecule has 12 heteroatoms. The number of pyridine rings is 1. The summed E-state index contributed by atoms with van der Waals surface area (Å²) in [7, 11) is 0. The molecule has 3 rings (SSSR count). The minimum atomic E-state index is -4.81. The topological polar surface area (TPSA) is 81.1 Å². The molecule has 7 nitrogen and oxygen atoms in total. The standard InChI is InChI=1S/C19H17F5N2O5/c20-18(21)29-10-12-7-15(9-26(12)16-6-1-11(8-25-16)17(27)28)30-13-2-4-14(5-3-13)31-19(22,23)24/h1-6,8,12,15,18H,7,9-10H2,(H,27,28)/t12-,15-/m0/s1. The highest BCUT2D eigenvalue weighted by Crippen LogP contribution is 2.30. The van der Waals surface area contributed by atoms with Crippen LogP contribution in [0.2, 0.25) is 0 Å². The first-order valence-corrected chi connectivity index (χ1v) is 8.99. The van der Waals surface area contributed by atoms with E-state index >= 15 is 0 Å². The average Bonchev–Trinajstić information content (AvgIpc) is 3.09. The largest absolute Gasteiger partial charge is 0.573 e. The molecule has 1 aliphatic heterocycles. The summed E-state index contributed by atoms with van der Waals surface area (Å²) in [6, 6.07) is 7.05. The molecule has 1 aromatic carbocycles. The van der Waals surface area contributed by atoms with Crippen LogP contribution < -0.4 is 14.4 Å². The van der Waals surface area contributed by atoms with Crippen LogP contribution in [-0.2, 0) is 4.74 Å². The number of hydrogen-bond acceptors (Lipinski definition) is 6. The van der Waals surface area contributed by atoms with Crippen LogP contribution in [0.3, 0.4) is 0 Å². The quantitative estimate of drug-likeness (QED) is 0.613. The van der Waals surface area contributed by atoms with Crippen molar-refractivity contribution in [3.8, 4) is 11.5 Å². The molecule has 1 fully saturated rings. The Morgan fingerprint density at radius 2 is 1.84 bits per heavy atom. The van der Waals surface area contributed by atoms with Gasteiger partial charge in [-0.2, -0.15) is 8.78 Å². The Morgan fingerprint density at radius 1 is 1.16 bits per heavy atom. The molecule has 1 aliphatic rings. The lowest BCUT2D eigenvalue weighted by Gasteiger charge is -2.25. The zero-order valence-electron chi connectivity index (χ0n) is 15.8. The first kappa shape index (κ1) is 22.5. The van der Waals surface area contributed by atoms with Crippen molar-refractivity contribution >= 4 is 11.8 Å². The molecule has 2 aromatic rings. The summed E-state index contributed by atoms with van der Waals surface area (Å²) in [6.45, 7) is -3.07. The van der Waals surface area contributed by atoms with Crippen LogP contribution in [0.15, 0.2) is 42.6 Å². The number of ether oxygens (including phenoxy) is 3. The van der Waals surface area contributed by atoms with Crippen LogP contribution in [0.5, 0.6) is 11.5 Å². The molecule has 2 heterocycles. The van der Waals surface area contributed by atoms with E-state index in [1.54, 1.807) is 4.90 Å². The van der Waals surface area contributed by atoms with Crippen molar-refractivity contribution in [3.05, 3.63) is 48.2 Å². The number of rotatable bonds is 8. The van der Waals surface area contributed by atoms with Crippen molar-refractivity contribution in [1.82, 2.24) is 4.98 Å².